The highest BCUT2D eigenvalue weighted by Crippen LogP contribution is 2.35. The summed E-state index contributed by atoms with van der Waals surface area (Å²) in [5, 5.41) is 11.2. The maximum atomic E-state index is 13.2. The number of amides is 1. The topological polar surface area (TPSA) is 100 Å². The molecule has 10 heteroatoms. The van der Waals surface area contributed by atoms with Crippen LogP contribution in [0.1, 0.15) is 29.1 Å². The summed E-state index contributed by atoms with van der Waals surface area (Å²) in [5.41, 5.74) is 1.96. The largest absolute Gasteiger partial charge is 0.381 e. The van der Waals surface area contributed by atoms with Crippen molar-refractivity contribution in [3.63, 3.8) is 0 Å². The van der Waals surface area contributed by atoms with Crippen LogP contribution in [-0.4, -0.2) is 64.5 Å². The van der Waals surface area contributed by atoms with Gasteiger partial charge in [0.05, 0.1) is 11.9 Å². The molecule has 0 spiro atoms. The summed E-state index contributed by atoms with van der Waals surface area (Å²) >= 11 is 0. The predicted molar refractivity (Wildman–Crippen MR) is 107 cm³/mol. The molecule has 1 aliphatic heterocycles. The third-order valence-electron chi connectivity index (χ3n) is 5.33. The number of nitrogens with zero attached hydrogens (tertiary/aromatic N) is 5. The summed E-state index contributed by atoms with van der Waals surface area (Å²) in [4.78, 5) is 20.4. The average molecular weight is 414 g/mol. The molecule has 1 N–H and O–H groups in total. The Morgan fingerprint density at radius 3 is 2.73 bits per heavy atom. The molecular weight excluding hydrogens is 391 g/mol. The van der Waals surface area contributed by atoms with Crippen molar-refractivity contribution < 1.29 is 18.4 Å². The van der Waals surface area contributed by atoms with E-state index in [0.717, 1.165) is 19.0 Å². The molecule has 0 atom stereocenters. The summed E-state index contributed by atoms with van der Waals surface area (Å²) in [6.45, 7) is 3.09. The van der Waals surface area contributed by atoms with Crippen LogP contribution < -0.4 is 4.90 Å². The lowest BCUT2D eigenvalue weighted by Gasteiger charge is -2.30. The van der Waals surface area contributed by atoms with Gasteiger partial charge in [0, 0.05) is 39.4 Å². The SMILES string of the molecule is Cc1onc(-c2ccc(F)cn2)c1N(C)c1cc(C(=O)N(C)C2CCOCC2)[nH]n1. The Balaban J connectivity index is 1.57. The lowest BCUT2D eigenvalue weighted by atomic mass is 10.1. The van der Waals surface area contributed by atoms with E-state index in [1.807, 2.05) is 0 Å². The van der Waals surface area contributed by atoms with Crippen LogP contribution in [0.5, 0.6) is 0 Å². The normalized spacial score (nSPS) is 14.7. The van der Waals surface area contributed by atoms with E-state index in [4.69, 9.17) is 9.26 Å². The van der Waals surface area contributed by atoms with Gasteiger partial charge >= 0.3 is 0 Å². The summed E-state index contributed by atoms with van der Waals surface area (Å²) in [6.07, 6.45) is 2.76. The number of pyridine rings is 1. The third-order valence-corrected chi connectivity index (χ3v) is 5.33. The lowest BCUT2D eigenvalue weighted by molar-refractivity contribution is 0.0359. The molecule has 9 nitrogen and oxygen atoms in total. The molecule has 0 radical (unpaired) electrons. The molecule has 0 aliphatic carbocycles. The number of aromatic amines is 1. The van der Waals surface area contributed by atoms with Crippen LogP contribution in [0.25, 0.3) is 11.4 Å². The summed E-state index contributed by atoms with van der Waals surface area (Å²) in [7, 11) is 3.59. The molecule has 1 fully saturated rings. The van der Waals surface area contributed by atoms with Crippen LogP contribution in [0.4, 0.5) is 15.9 Å². The molecule has 0 bridgehead atoms. The number of aromatic nitrogens is 4. The molecule has 3 aromatic heterocycles. The van der Waals surface area contributed by atoms with Gasteiger partial charge in [-0.15, -0.1) is 0 Å². The van der Waals surface area contributed by atoms with E-state index in [-0.39, 0.29) is 11.9 Å². The second-order valence-corrected chi connectivity index (χ2v) is 7.26. The van der Waals surface area contributed by atoms with Crippen molar-refractivity contribution in [2.45, 2.75) is 25.8 Å². The molecule has 0 aromatic carbocycles. The monoisotopic (exact) mass is 414 g/mol. The minimum absolute atomic E-state index is 0.128. The van der Waals surface area contributed by atoms with E-state index in [9.17, 15) is 9.18 Å². The Morgan fingerprint density at radius 1 is 1.27 bits per heavy atom. The molecule has 158 valence electrons. The number of hydrogen-bond acceptors (Lipinski definition) is 7. The zero-order chi connectivity index (χ0) is 21.3. The van der Waals surface area contributed by atoms with E-state index in [1.54, 1.807) is 36.9 Å². The minimum Gasteiger partial charge on any atom is -0.381 e. The standard InChI is InChI=1S/C20H23FN6O3/c1-12-19(18(25-30-12)15-5-4-13(21)11-22-15)27(3)17-10-16(23-24-17)20(28)26(2)14-6-8-29-9-7-14/h4-5,10-11,14H,6-9H2,1-3H3,(H,23,24). The molecule has 4 heterocycles. The van der Waals surface area contributed by atoms with Crippen molar-refractivity contribution in [3.8, 4) is 11.4 Å². The van der Waals surface area contributed by atoms with Crippen LogP contribution in [-0.2, 0) is 4.74 Å². The minimum atomic E-state index is -0.432. The molecule has 4 rings (SSSR count). The zero-order valence-corrected chi connectivity index (χ0v) is 17.1. The van der Waals surface area contributed by atoms with Gasteiger partial charge in [0.25, 0.3) is 5.91 Å². The summed E-state index contributed by atoms with van der Waals surface area (Å²) < 4.78 is 24.0. The van der Waals surface area contributed by atoms with Crippen molar-refractivity contribution in [2.24, 2.45) is 0 Å². The number of hydrogen-bond donors (Lipinski definition) is 1. The fourth-order valence-electron chi connectivity index (χ4n) is 3.58. The Hall–Kier alpha value is -3.27. The van der Waals surface area contributed by atoms with Crippen LogP contribution in [0.2, 0.25) is 0 Å². The maximum absolute atomic E-state index is 13.2. The first-order valence-corrected chi connectivity index (χ1v) is 9.68. The first kappa shape index (κ1) is 20.0. The van der Waals surface area contributed by atoms with E-state index in [2.05, 4.69) is 20.3 Å². The van der Waals surface area contributed by atoms with Gasteiger partial charge in [-0.1, -0.05) is 5.16 Å². The molecule has 1 aliphatic rings. The fourth-order valence-corrected chi connectivity index (χ4v) is 3.58. The highest BCUT2D eigenvalue weighted by Gasteiger charge is 2.26. The van der Waals surface area contributed by atoms with Crippen LogP contribution in [0.3, 0.4) is 0 Å². The molecule has 1 saturated heterocycles. The Bertz CT molecular complexity index is 1030. The molecule has 0 unspecified atom stereocenters. The molecular formula is C20H23FN6O3. The van der Waals surface area contributed by atoms with Gasteiger partial charge in [-0.2, -0.15) is 5.10 Å². The number of ether oxygens (including phenoxy) is 1. The highest BCUT2D eigenvalue weighted by molar-refractivity contribution is 5.93. The smallest absolute Gasteiger partial charge is 0.271 e. The third kappa shape index (κ3) is 3.78. The Morgan fingerprint density at radius 2 is 2.03 bits per heavy atom. The first-order valence-electron chi connectivity index (χ1n) is 9.68. The van der Waals surface area contributed by atoms with Gasteiger partial charge in [0.15, 0.2) is 17.3 Å². The second kappa shape index (κ2) is 8.23. The number of H-pyrrole nitrogens is 1. The van der Waals surface area contributed by atoms with Crippen LogP contribution >= 0.6 is 0 Å². The summed E-state index contributed by atoms with van der Waals surface area (Å²) in [5.74, 6) is 0.511. The molecule has 1 amide bonds. The maximum Gasteiger partial charge on any atom is 0.271 e. The molecule has 0 saturated carbocycles. The van der Waals surface area contributed by atoms with Gasteiger partial charge in [-0.05, 0) is 31.9 Å². The number of anilines is 2. The predicted octanol–water partition coefficient (Wildman–Crippen LogP) is 2.93. The number of nitrogens with one attached hydrogen (secondary N) is 1. The highest BCUT2D eigenvalue weighted by atomic mass is 19.1. The quantitative estimate of drug-likeness (QED) is 0.685. The number of aryl methyl sites for hydroxylation is 1. The van der Waals surface area contributed by atoms with Crippen molar-refractivity contribution >= 4 is 17.4 Å². The lowest BCUT2D eigenvalue weighted by Crippen LogP contribution is -2.40. The van der Waals surface area contributed by atoms with Gasteiger partial charge in [0.1, 0.15) is 17.2 Å². The van der Waals surface area contributed by atoms with Crippen molar-refractivity contribution in [1.82, 2.24) is 25.2 Å². The van der Waals surface area contributed by atoms with E-state index in [0.29, 0.717) is 47.6 Å². The Labute approximate surface area is 172 Å². The van der Waals surface area contributed by atoms with Gasteiger partial charge in [0.2, 0.25) is 0 Å². The van der Waals surface area contributed by atoms with Crippen molar-refractivity contribution in [2.75, 3.05) is 32.2 Å². The van der Waals surface area contributed by atoms with E-state index in [1.165, 1.54) is 12.1 Å². The number of carbonyl (C=O) groups is 1. The fraction of sp³-hybridized carbons (Fsp3) is 0.400. The van der Waals surface area contributed by atoms with Crippen molar-refractivity contribution in [3.05, 3.63) is 41.7 Å². The Kier molecular flexibility index (Phi) is 5.49. The number of rotatable bonds is 5. The van der Waals surface area contributed by atoms with E-state index < -0.39 is 5.82 Å². The van der Waals surface area contributed by atoms with Crippen molar-refractivity contribution in [1.29, 1.82) is 0 Å². The number of halogens is 1. The summed E-state index contributed by atoms with van der Waals surface area (Å²) in [6, 6.07) is 4.68. The molecule has 30 heavy (non-hydrogen) atoms. The average Bonchev–Trinajstić information content (AvgIpc) is 3.41. The first-order chi connectivity index (χ1) is 14.5. The number of carbonyl (C=O) groups excluding carboxylic acids is 1. The second-order valence-electron chi connectivity index (χ2n) is 7.26. The van der Waals surface area contributed by atoms with Gasteiger partial charge < -0.3 is 19.1 Å². The van der Waals surface area contributed by atoms with Gasteiger partial charge in [-0.25, -0.2) is 4.39 Å². The van der Waals surface area contributed by atoms with Crippen LogP contribution in [0.15, 0.2) is 28.9 Å². The zero-order valence-electron chi connectivity index (χ0n) is 17.1. The van der Waals surface area contributed by atoms with Crippen LogP contribution in [0, 0.1) is 12.7 Å². The van der Waals surface area contributed by atoms with E-state index >= 15 is 0 Å². The van der Waals surface area contributed by atoms with Gasteiger partial charge in [-0.3, -0.25) is 14.9 Å². The molecule has 3 aromatic rings.